The average Bonchev–Trinajstić information content (AvgIpc) is 2.68. The highest BCUT2D eigenvalue weighted by molar-refractivity contribution is 5.95. The number of carbonyl (C=O) groups is 1. The van der Waals surface area contributed by atoms with Crippen molar-refractivity contribution in [2.45, 2.75) is 25.7 Å². The van der Waals surface area contributed by atoms with E-state index in [0.29, 0.717) is 11.1 Å². The van der Waals surface area contributed by atoms with Gasteiger partial charge in [0.2, 0.25) is 0 Å². The van der Waals surface area contributed by atoms with E-state index in [1.807, 2.05) is 74.5 Å². The van der Waals surface area contributed by atoms with E-state index in [4.69, 9.17) is 0 Å². The molecule has 3 rings (SSSR count). The fourth-order valence-electron chi connectivity index (χ4n) is 3.41. The second kappa shape index (κ2) is 7.54. The van der Waals surface area contributed by atoms with Crippen LogP contribution in [0.25, 0.3) is 0 Å². The molecule has 0 fully saturated rings. The quantitative estimate of drug-likeness (QED) is 0.590. The first-order chi connectivity index (χ1) is 12.9. The summed E-state index contributed by atoms with van der Waals surface area (Å²) in [5, 5.41) is 30.8. The van der Waals surface area contributed by atoms with E-state index in [0.717, 1.165) is 11.1 Å². The van der Waals surface area contributed by atoms with Crippen molar-refractivity contribution in [1.82, 2.24) is 0 Å². The molecule has 0 saturated heterocycles. The first kappa shape index (κ1) is 18.5. The van der Waals surface area contributed by atoms with Crippen molar-refractivity contribution < 1.29 is 20.1 Å². The maximum Gasteiger partial charge on any atom is 0.343 e. The molecule has 4 nitrogen and oxygen atoms in total. The topological polar surface area (TPSA) is 77.8 Å². The highest BCUT2D eigenvalue weighted by atomic mass is 16.4. The molecule has 0 aliphatic rings. The Morgan fingerprint density at radius 3 is 1.44 bits per heavy atom. The molecule has 0 saturated carbocycles. The monoisotopic (exact) mass is 362 g/mol. The summed E-state index contributed by atoms with van der Waals surface area (Å²) < 4.78 is 0. The number of rotatable bonds is 5. The molecule has 4 heteroatoms. The lowest BCUT2D eigenvalue weighted by molar-refractivity contribution is 0.0690. The highest BCUT2D eigenvalue weighted by Crippen LogP contribution is 2.43. The lowest BCUT2D eigenvalue weighted by Gasteiger charge is -2.22. The van der Waals surface area contributed by atoms with Crippen molar-refractivity contribution in [2.75, 3.05) is 0 Å². The predicted octanol–water partition coefficient (Wildman–Crippen LogP) is 5.10. The lowest BCUT2D eigenvalue weighted by atomic mass is 9.84. The molecule has 0 aliphatic carbocycles. The summed E-state index contributed by atoms with van der Waals surface area (Å²) in [5.74, 6) is -2.59. The van der Waals surface area contributed by atoms with Crippen LogP contribution >= 0.6 is 0 Å². The van der Waals surface area contributed by atoms with Gasteiger partial charge in [-0.3, -0.25) is 0 Å². The van der Waals surface area contributed by atoms with Crippen molar-refractivity contribution in [3.63, 3.8) is 0 Å². The van der Waals surface area contributed by atoms with Gasteiger partial charge in [-0.15, -0.1) is 0 Å². The van der Waals surface area contributed by atoms with Gasteiger partial charge in [0, 0.05) is 23.0 Å². The molecule has 0 amide bonds. The number of hydrogen-bond donors (Lipinski definition) is 3. The van der Waals surface area contributed by atoms with Crippen LogP contribution in [0.15, 0.2) is 66.7 Å². The van der Waals surface area contributed by atoms with E-state index >= 15 is 0 Å². The summed E-state index contributed by atoms with van der Waals surface area (Å²) in [6, 6.07) is 20.8. The van der Waals surface area contributed by atoms with E-state index in [1.165, 1.54) is 0 Å². The van der Waals surface area contributed by atoms with Crippen molar-refractivity contribution in [2.24, 2.45) is 0 Å². The number of aromatic carboxylic acids is 1. The van der Waals surface area contributed by atoms with E-state index < -0.39 is 11.5 Å². The van der Waals surface area contributed by atoms with Gasteiger partial charge in [0.1, 0.15) is 17.1 Å². The van der Waals surface area contributed by atoms with Crippen LogP contribution < -0.4 is 0 Å². The predicted molar refractivity (Wildman–Crippen MR) is 105 cm³/mol. The van der Waals surface area contributed by atoms with Gasteiger partial charge in [0.05, 0.1) is 0 Å². The van der Waals surface area contributed by atoms with E-state index in [9.17, 15) is 20.1 Å². The average molecular weight is 362 g/mol. The molecule has 0 spiro atoms. The minimum Gasteiger partial charge on any atom is -0.507 e. The van der Waals surface area contributed by atoms with Crippen LogP contribution in [0.3, 0.4) is 0 Å². The Morgan fingerprint density at radius 1 is 0.741 bits per heavy atom. The van der Waals surface area contributed by atoms with Gasteiger partial charge in [-0.25, -0.2) is 4.79 Å². The molecule has 3 aromatic carbocycles. The van der Waals surface area contributed by atoms with Gasteiger partial charge in [0.25, 0.3) is 0 Å². The minimum absolute atomic E-state index is 0.230. The number of hydrogen-bond acceptors (Lipinski definition) is 3. The van der Waals surface area contributed by atoms with E-state index in [1.54, 1.807) is 6.07 Å². The van der Waals surface area contributed by atoms with Crippen LogP contribution in [-0.2, 0) is 0 Å². The SMILES string of the molecule is CC(c1ccccc1)c1cc(C(C)c2ccccc2)c(O)c(C(=O)O)c1O. The Bertz CT molecular complexity index is 879. The Hall–Kier alpha value is -3.27. The van der Waals surface area contributed by atoms with Crippen LogP contribution in [0.1, 0.15) is 58.3 Å². The first-order valence-electron chi connectivity index (χ1n) is 8.83. The molecule has 0 bridgehead atoms. The number of aromatic hydroxyl groups is 2. The lowest BCUT2D eigenvalue weighted by Crippen LogP contribution is -2.08. The third-order valence-electron chi connectivity index (χ3n) is 5.08. The van der Waals surface area contributed by atoms with Crippen molar-refractivity contribution in [3.05, 3.63) is 94.5 Å². The van der Waals surface area contributed by atoms with Crippen LogP contribution in [0.4, 0.5) is 0 Å². The zero-order chi connectivity index (χ0) is 19.6. The van der Waals surface area contributed by atoms with Crippen molar-refractivity contribution in [3.8, 4) is 11.5 Å². The molecule has 138 valence electrons. The molecule has 3 N–H and O–H groups in total. The number of carboxylic acid groups (broad SMARTS) is 1. The molecule has 2 unspecified atom stereocenters. The molecule has 3 aromatic rings. The molecule has 0 aromatic heterocycles. The summed E-state index contributed by atoms with van der Waals surface area (Å²) in [5.41, 5.74) is 2.41. The summed E-state index contributed by atoms with van der Waals surface area (Å²) in [4.78, 5) is 11.7. The maximum absolute atomic E-state index is 11.7. The number of benzene rings is 3. The third-order valence-corrected chi connectivity index (χ3v) is 5.08. The van der Waals surface area contributed by atoms with Gasteiger partial charge in [-0.1, -0.05) is 74.5 Å². The minimum atomic E-state index is -1.35. The largest absolute Gasteiger partial charge is 0.507 e. The van der Waals surface area contributed by atoms with Gasteiger partial charge in [0.15, 0.2) is 0 Å². The first-order valence-corrected chi connectivity index (χ1v) is 8.83. The smallest absolute Gasteiger partial charge is 0.343 e. The molecule has 2 atom stereocenters. The standard InChI is InChI=1S/C23H22O4/c1-14(16-9-5-3-6-10-16)18-13-19(15(2)17-11-7-4-8-12-17)22(25)20(21(18)24)23(26)27/h3-15,24-25H,1-2H3,(H,26,27). The van der Waals surface area contributed by atoms with Crippen LogP contribution in [-0.4, -0.2) is 21.3 Å². The van der Waals surface area contributed by atoms with Crippen molar-refractivity contribution in [1.29, 1.82) is 0 Å². The summed E-state index contributed by atoms with van der Waals surface area (Å²) in [6.07, 6.45) is 0. The molecular weight excluding hydrogens is 340 g/mol. The number of phenols is 2. The van der Waals surface area contributed by atoms with Gasteiger partial charge in [-0.05, 0) is 17.2 Å². The summed E-state index contributed by atoms with van der Waals surface area (Å²) in [6.45, 7) is 3.81. The number of carboxylic acids is 1. The molecule has 0 aliphatic heterocycles. The summed E-state index contributed by atoms with van der Waals surface area (Å²) in [7, 11) is 0. The van der Waals surface area contributed by atoms with Crippen LogP contribution in [0.2, 0.25) is 0 Å². The van der Waals surface area contributed by atoms with Gasteiger partial charge in [-0.2, -0.15) is 0 Å². The van der Waals surface area contributed by atoms with Crippen LogP contribution in [0, 0.1) is 0 Å². The van der Waals surface area contributed by atoms with Crippen LogP contribution in [0.5, 0.6) is 11.5 Å². The zero-order valence-electron chi connectivity index (χ0n) is 15.3. The Balaban J connectivity index is 2.20. The zero-order valence-corrected chi connectivity index (χ0v) is 15.3. The van der Waals surface area contributed by atoms with Gasteiger partial charge >= 0.3 is 5.97 Å². The molecule has 27 heavy (non-hydrogen) atoms. The summed E-state index contributed by atoms with van der Waals surface area (Å²) >= 11 is 0. The Kier molecular flexibility index (Phi) is 5.17. The molecule has 0 heterocycles. The fourth-order valence-corrected chi connectivity index (χ4v) is 3.41. The van der Waals surface area contributed by atoms with Gasteiger partial charge < -0.3 is 15.3 Å². The second-order valence-corrected chi connectivity index (χ2v) is 6.70. The van der Waals surface area contributed by atoms with E-state index in [-0.39, 0.29) is 23.3 Å². The second-order valence-electron chi connectivity index (χ2n) is 6.70. The fraction of sp³-hybridized carbons (Fsp3) is 0.174. The molecule has 0 radical (unpaired) electrons. The normalized spacial score (nSPS) is 13.1. The highest BCUT2D eigenvalue weighted by Gasteiger charge is 2.27. The third kappa shape index (κ3) is 3.51. The maximum atomic E-state index is 11.7. The van der Waals surface area contributed by atoms with E-state index in [2.05, 4.69) is 0 Å². The molecular formula is C23H22O4. The Labute approximate surface area is 158 Å². The Morgan fingerprint density at radius 2 is 1.11 bits per heavy atom. The van der Waals surface area contributed by atoms with Crippen molar-refractivity contribution >= 4 is 5.97 Å².